The molecular formula is C32H28N6. The number of hydrogen-bond acceptors (Lipinski definition) is 5. The van der Waals surface area contributed by atoms with Crippen molar-refractivity contribution in [1.29, 1.82) is 0 Å². The quantitative estimate of drug-likeness (QED) is 0.271. The van der Waals surface area contributed by atoms with Crippen LogP contribution in [0.3, 0.4) is 0 Å². The van der Waals surface area contributed by atoms with Gasteiger partial charge in [-0.3, -0.25) is 4.90 Å². The van der Waals surface area contributed by atoms with E-state index >= 15 is 0 Å². The molecule has 3 aromatic heterocycles. The first-order chi connectivity index (χ1) is 18.8. The molecule has 0 aliphatic carbocycles. The van der Waals surface area contributed by atoms with Crippen LogP contribution in [0.2, 0.25) is 0 Å². The molecule has 186 valence electrons. The second kappa shape index (κ2) is 9.80. The zero-order chi connectivity index (χ0) is 25.3. The lowest BCUT2D eigenvalue weighted by Gasteiger charge is -2.32. The Morgan fingerprint density at radius 2 is 1.26 bits per heavy atom. The molecule has 6 nitrogen and oxygen atoms in total. The molecule has 1 saturated heterocycles. The van der Waals surface area contributed by atoms with E-state index < -0.39 is 0 Å². The van der Waals surface area contributed by atoms with Gasteiger partial charge in [0, 0.05) is 43.0 Å². The molecule has 4 heterocycles. The Kier molecular flexibility index (Phi) is 5.87. The lowest BCUT2D eigenvalue weighted by atomic mass is 10.0. The van der Waals surface area contributed by atoms with Crippen LogP contribution in [-0.2, 0) is 6.54 Å². The number of fused-ring (bicyclic) bond motifs is 2. The highest BCUT2D eigenvalue weighted by Crippen LogP contribution is 2.32. The topological polar surface area (TPSA) is 59.7 Å². The number of pyridine rings is 1. The molecule has 1 aliphatic heterocycles. The van der Waals surface area contributed by atoms with Crippen molar-refractivity contribution >= 4 is 22.2 Å². The van der Waals surface area contributed by atoms with Crippen LogP contribution in [0.15, 0.2) is 104 Å². The van der Waals surface area contributed by atoms with Gasteiger partial charge >= 0.3 is 0 Å². The highest BCUT2D eigenvalue weighted by Gasteiger charge is 2.22. The van der Waals surface area contributed by atoms with Crippen LogP contribution < -0.4 is 0 Å². The van der Waals surface area contributed by atoms with E-state index in [0.717, 1.165) is 77.2 Å². The summed E-state index contributed by atoms with van der Waals surface area (Å²) in [6.07, 6.45) is 6.02. The van der Waals surface area contributed by atoms with Gasteiger partial charge in [-0.2, -0.15) is 0 Å². The van der Waals surface area contributed by atoms with Gasteiger partial charge in [0.2, 0.25) is 0 Å². The SMILES string of the molecule is c1ccc(-c2nc3ccccc3nc2-c2ccc(CN3CCC(n4cnc5cccnc54)CC3)cc2)cc1. The number of likely N-dealkylation sites (tertiary alicyclic amines) is 1. The van der Waals surface area contributed by atoms with Crippen molar-refractivity contribution in [3.63, 3.8) is 0 Å². The first-order valence-electron chi connectivity index (χ1n) is 13.2. The van der Waals surface area contributed by atoms with Crippen LogP contribution in [0.4, 0.5) is 0 Å². The molecule has 1 aliphatic rings. The molecule has 0 saturated carbocycles. The highest BCUT2D eigenvalue weighted by molar-refractivity contribution is 5.86. The molecule has 0 spiro atoms. The fourth-order valence-corrected chi connectivity index (χ4v) is 5.51. The van der Waals surface area contributed by atoms with Crippen molar-refractivity contribution in [1.82, 2.24) is 29.4 Å². The van der Waals surface area contributed by atoms with Gasteiger partial charge in [0.15, 0.2) is 5.65 Å². The molecule has 38 heavy (non-hydrogen) atoms. The number of imidazole rings is 1. The van der Waals surface area contributed by atoms with E-state index in [2.05, 4.69) is 55.8 Å². The molecule has 0 amide bonds. The van der Waals surface area contributed by atoms with Gasteiger partial charge in [-0.25, -0.2) is 19.9 Å². The second-order valence-electron chi connectivity index (χ2n) is 9.98. The summed E-state index contributed by atoms with van der Waals surface area (Å²) in [5.74, 6) is 0. The largest absolute Gasteiger partial charge is 0.312 e. The first kappa shape index (κ1) is 22.8. The zero-order valence-corrected chi connectivity index (χ0v) is 21.1. The summed E-state index contributed by atoms with van der Waals surface area (Å²) in [6, 6.07) is 31.7. The summed E-state index contributed by atoms with van der Waals surface area (Å²) in [5, 5.41) is 0. The number of hydrogen-bond donors (Lipinski definition) is 0. The number of aromatic nitrogens is 5. The standard InChI is InChI=1S/C32H28N6/c1-2-7-24(8-3-1)30-31(36-28-10-5-4-9-27(28)35-30)25-14-12-23(13-15-25)21-37-19-16-26(17-20-37)38-22-34-29-11-6-18-33-32(29)38/h1-15,18,22,26H,16-17,19-21H2. The van der Waals surface area contributed by atoms with E-state index in [1.54, 1.807) is 0 Å². The lowest BCUT2D eigenvalue weighted by molar-refractivity contribution is 0.181. The summed E-state index contributed by atoms with van der Waals surface area (Å²) in [7, 11) is 0. The first-order valence-corrected chi connectivity index (χ1v) is 13.2. The molecular weight excluding hydrogens is 468 g/mol. The van der Waals surface area contributed by atoms with Crippen LogP contribution in [0.25, 0.3) is 44.7 Å². The highest BCUT2D eigenvalue weighted by atomic mass is 15.2. The van der Waals surface area contributed by atoms with Gasteiger partial charge in [-0.05, 0) is 42.7 Å². The average Bonchev–Trinajstić information content (AvgIpc) is 3.42. The van der Waals surface area contributed by atoms with E-state index in [9.17, 15) is 0 Å². The Morgan fingerprint density at radius 1 is 0.632 bits per heavy atom. The molecule has 7 rings (SSSR count). The van der Waals surface area contributed by atoms with Crippen molar-refractivity contribution in [2.24, 2.45) is 0 Å². The van der Waals surface area contributed by atoms with Crippen LogP contribution in [0.5, 0.6) is 0 Å². The fourth-order valence-electron chi connectivity index (χ4n) is 5.51. The van der Waals surface area contributed by atoms with Gasteiger partial charge in [0.1, 0.15) is 5.52 Å². The zero-order valence-electron chi connectivity index (χ0n) is 21.1. The summed E-state index contributed by atoms with van der Waals surface area (Å²) in [5.41, 5.74) is 9.11. The van der Waals surface area contributed by atoms with Gasteiger partial charge < -0.3 is 4.57 Å². The predicted molar refractivity (Wildman–Crippen MR) is 151 cm³/mol. The third kappa shape index (κ3) is 4.33. The fraction of sp³-hybridized carbons (Fsp3) is 0.188. The summed E-state index contributed by atoms with van der Waals surface area (Å²) < 4.78 is 2.26. The Labute approximate surface area is 221 Å². The summed E-state index contributed by atoms with van der Waals surface area (Å²) >= 11 is 0. The second-order valence-corrected chi connectivity index (χ2v) is 9.98. The summed E-state index contributed by atoms with van der Waals surface area (Å²) in [4.78, 5) is 21.7. The molecule has 0 radical (unpaired) electrons. The van der Waals surface area contributed by atoms with Crippen molar-refractivity contribution < 1.29 is 0 Å². The third-order valence-corrected chi connectivity index (χ3v) is 7.53. The maximum atomic E-state index is 5.04. The van der Waals surface area contributed by atoms with Crippen molar-refractivity contribution in [3.8, 4) is 22.5 Å². The molecule has 0 unspecified atom stereocenters. The maximum Gasteiger partial charge on any atom is 0.160 e. The van der Waals surface area contributed by atoms with Crippen molar-refractivity contribution in [3.05, 3.63) is 109 Å². The number of nitrogens with zero attached hydrogens (tertiary/aromatic N) is 6. The molecule has 0 bridgehead atoms. The van der Waals surface area contributed by atoms with Crippen molar-refractivity contribution in [2.45, 2.75) is 25.4 Å². The van der Waals surface area contributed by atoms with Gasteiger partial charge in [0.05, 0.1) is 28.7 Å². The Bertz CT molecular complexity index is 1700. The molecule has 3 aromatic carbocycles. The van der Waals surface area contributed by atoms with E-state index in [1.165, 1.54) is 5.56 Å². The van der Waals surface area contributed by atoms with Gasteiger partial charge in [0.25, 0.3) is 0 Å². The number of piperidine rings is 1. The van der Waals surface area contributed by atoms with E-state index in [-0.39, 0.29) is 0 Å². The number of benzene rings is 3. The Morgan fingerprint density at radius 3 is 1.97 bits per heavy atom. The molecule has 6 aromatic rings. The van der Waals surface area contributed by atoms with Crippen LogP contribution in [0.1, 0.15) is 24.4 Å². The smallest absolute Gasteiger partial charge is 0.160 e. The molecule has 0 atom stereocenters. The Balaban J connectivity index is 1.09. The lowest BCUT2D eigenvalue weighted by Crippen LogP contribution is -2.34. The van der Waals surface area contributed by atoms with E-state index in [4.69, 9.17) is 9.97 Å². The number of para-hydroxylation sites is 2. The monoisotopic (exact) mass is 496 g/mol. The normalized spacial score (nSPS) is 14.8. The van der Waals surface area contributed by atoms with Crippen LogP contribution in [0, 0.1) is 0 Å². The third-order valence-electron chi connectivity index (χ3n) is 7.53. The molecule has 1 fully saturated rings. The van der Waals surface area contributed by atoms with Crippen LogP contribution >= 0.6 is 0 Å². The van der Waals surface area contributed by atoms with Gasteiger partial charge in [-0.1, -0.05) is 66.7 Å². The average molecular weight is 497 g/mol. The maximum absolute atomic E-state index is 5.04. The minimum Gasteiger partial charge on any atom is -0.312 e. The minimum absolute atomic E-state index is 0.455. The van der Waals surface area contributed by atoms with E-state index in [1.807, 2.05) is 67.1 Å². The molecule has 0 N–H and O–H groups in total. The Hall–Kier alpha value is -4.42. The predicted octanol–water partition coefficient (Wildman–Crippen LogP) is 6.55. The summed E-state index contributed by atoms with van der Waals surface area (Å²) in [6.45, 7) is 3.07. The number of rotatable bonds is 5. The van der Waals surface area contributed by atoms with Crippen LogP contribution in [-0.4, -0.2) is 42.5 Å². The van der Waals surface area contributed by atoms with Crippen molar-refractivity contribution in [2.75, 3.05) is 13.1 Å². The minimum atomic E-state index is 0.455. The molecule has 6 heteroatoms. The van der Waals surface area contributed by atoms with E-state index in [0.29, 0.717) is 6.04 Å². The van der Waals surface area contributed by atoms with Gasteiger partial charge in [-0.15, -0.1) is 0 Å².